The Kier molecular flexibility index (Phi) is 11.4. The number of hydrogen-bond acceptors (Lipinski definition) is 6. The smallest absolute Gasteiger partial charge is 0.291 e. The number of rotatable bonds is 10. The minimum Gasteiger partial charge on any atom is -0.491 e. The molecule has 1 heterocycles. The summed E-state index contributed by atoms with van der Waals surface area (Å²) in [6.45, 7) is 7.46. The molecule has 0 atom stereocenters. The summed E-state index contributed by atoms with van der Waals surface area (Å²) in [6.07, 6.45) is 7.43. The van der Waals surface area contributed by atoms with E-state index in [0.29, 0.717) is 24.0 Å². The maximum atomic E-state index is 8.36. The van der Waals surface area contributed by atoms with Gasteiger partial charge in [0.05, 0.1) is 12.2 Å². The number of nitrogens with zero attached hydrogens (tertiary/aromatic N) is 3. The first kappa shape index (κ1) is 24.4. The Hall–Kier alpha value is -2.61. The molecule has 0 aliphatic heterocycles. The number of benzene rings is 1. The van der Waals surface area contributed by atoms with Gasteiger partial charge in [-0.3, -0.25) is 0 Å². The minimum absolute atomic E-state index is 0.557. The first-order chi connectivity index (χ1) is 13.9. The van der Waals surface area contributed by atoms with Crippen LogP contribution >= 0.6 is 11.6 Å². The predicted molar refractivity (Wildman–Crippen MR) is 114 cm³/mol. The molecule has 2 rings (SSSR count). The maximum absolute atomic E-state index is 8.36. The van der Waals surface area contributed by atoms with Crippen molar-refractivity contribution in [1.82, 2.24) is 9.97 Å². The van der Waals surface area contributed by atoms with Gasteiger partial charge in [0.25, 0.3) is 5.09 Å². The van der Waals surface area contributed by atoms with E-state index >= 15 is 0 Å². The summed E-state index contributed by atoms with van der Waals surface area (Å²) in [5, 5.41) is 17.4. The van der Waals surface area contributed by atoms with E-state index in [-0.39, 0.29) is 0 Å². The highest BCUT2D eigenvalue weighted by Gasteiger charge is 2.06. The van der Waals surface area contributed by atoms with Crippen LogP contribution in [0.3, 0.4) is 0 Å². The van der Waals surface area contributed by atoms with E-state index in [1.54, 1.807) is 0 Å². The summed E-state index contributed by atoms with van der Waals surface area (Å²) in [5.41, 5.74) is 3.44. The normalized spacial score (nSPS) is 10.1. The summed E-state index contributed by atoms with van der Waals surface area (Å²) in [6, 6.07) is 6.56. The van der Waals surface area contributed by atoms with Gasteiger partial charge in [0, 0.05) is 0 Å². The number of halogens is 1. The first-order valence-corrected chi connectivity index (χ1v) is 10.1. The predicted octanol–water partition coefficient (Wildman–Crippen LogP) is 4.88. The summed E-state index contributed by atoms with van der Waals surface area (Å²) in [7, 11) is 0. The van der Waals surface area contributed by atoms with Crippen LogP contribution in [0.4, 0.5) is 5.82 Å². The second kappa shape index (κ2) is 13.5. The van der Waals surface area contributed by atoms with Crippen LogP contribution in [0.25, 0.3) is 0 Å². The lowest BCUT2D eigenvalue weighted by Gasteiger charge is -2.13. The van der Waals surface area contributed by atoms with Crippen LogP contribution in [0.15, 0.2) is 24.5 Å². The van der Waals surface area contributed by atoms with Crippen molar-refractivity contribution in [2.75, 3.05) is 18.5 Å². The van der Waals surface area contributed by atoms with Gasteiger partial charge in [0.15, 0.2) is 0 Å². The molecule has 2 N–H and O–H groups in total. The van der Waals surface area contributed by atoms with Gasteiger partial charge in [-0.1, -0.05) is 50.4 Å². The zero-order valence-corrected chi connectivity index (χ0v) is 17.9. The number of unbranched alkanes of at least 4 members (excludes halogenated alkanes) is 2. The molecule has 0 radical (unpaired) electrons. The lowest BCUT2D eigenvalue weighted by Crippen LogP contribution is -2.13. The van der Waals surface area contributed by atoms with Crippen LogP contribution in [0, 0.1) is 17.0 Å². The quantitative estimate of drug-likeness (QED) is 0.317. The van der Waals surface area contributed by atoms with Gasteiger partial charge in [-0.15, -0.1) is 10.1 Å². The molecular weight excluding hydrogens is 396 g/mol. The van der Waals surface area contributed by atoms with Crippen molar-refractivity contribution >= 4 is 17.4 Å². The van der Waals surface area contributed by atoms with Crippen LogP contribution in [0.1, 0.15) is 49.9 Å². The molecule has 1 aromatic carbocycles. The molecule has 29 heavy (non-hydrogen) atoms. The van der Waals surface area contributed by atoms with Gasteiger partial charge in [0.2, 0.25) is 0 Å². The molecule has 0 spiro atoms. The SMILES string of the molecule is CCCCCc1ccc(OCCNc2ncnc(C)c2Cl)c(CC)c1.O=[N+]([O-])O. The Bertz CT molecular complexity index is 770. The van der Waals surface area contributed by atoms with Crippen molar-refractivity contribution < 1.29 is 15.0 Å². The maximum Gasteiger partial charge on any atom is 0.291 e. The number of nitrogens with one attached hydrogen (secondary N) is 1. The van der Waals surface area contributed by atoms with Crippen molar-refractivity contribution in [3.8, 4) is 5.75 Å². The monoisotopic (exact) mass is 424 g/mol. The molecule has 0 saturated carbocycles. The fourth-order valence-electron chi connectivity index (χ4n) is 2.70. The standard InChI is InChI=1S/C20H28ClN3O.HNO3/c1-4-6-7-8-16-9-10-18(17(5-2)13-16)25-12-11-22-20-19(21)15(3)23-14-24-20;2-1(3)4/h9-10,13-14H,4-8,11-12H2,1-3H3,(H,22,23,24);(H,2,3,4). The number of anilines is 1. The Morgan fingerprint density at radius 1 is 1.28 bits per heavy atom. The van der Waals surface area contributed by atoms with E-state index in [4.69, 9.17) is 31.7 Å². The number of aryl methyl sites for hydroxylation is 3. The Morgan fingerprint density at radius 2 is 2.00 bits per heavy atom. The average molecular weight is 425 g/mol. The van der Waals surface area contributed by atoms with Gasteiger partial charge in [0.1, 0.15) is 29.5 Å². The van der Waals surface area contributed by atoms with Gasteiger partial charge < -0.3 is 15.3 Å². The summed E-state index contributed by atoms with van der Waals surface area (Å²) >= 11 is 6.18. The highest BCUT2D eigenvalue weighted by Crippen LogP contribution is 2.23. The van der Waals surface area contributed by atoms with Crippen LogP contribution in [-0.2, 0) is 12.8 Å². The largest absolute Gasteiger partial charge is 0.491 e. The molecule has 0 unspecified atom stereocenters. The lowest BCUT2D eigenvalue weighted by molar-refractivity contribution is -0.742. The van der Waals surface area contributed by atoms with Gasteiger partial charge in [-0.2, -0.15) is 0 Å². The van der Waals surface area contributed by atoms with Gasteiger partial charge in [-0.05, 0) is 43.4 Å². The van der Waals surface area contributed by atoms with E-state index in [1.165, 1.54) is 36.7 Å². The zero-order chi connectivity index (χ0) is 21.6. The molecule has 160 valence electrons. The molecule has 8 nitrogen and oxygen atoms in total. The molecule has 0 fully saturated rings. The molecule has 1 aromatic heterocycles. The molecule has 9 heteroatoms. The Labute approximate surface area is 176 Å². The third-order valence-electron chi connectivity index (χ3n) is 4.19. The number of ether oxygens (including phenoxy) is 1. The minimum atomic E-state index is -1.50. The van der Waals surface area contributed by atoms with Gasteiger partial charge in [-0.25, -0.2) is 9.97 Å². The fraction of sp³-hybridized carbons (Fsp3) is 0.500. The number of hydrogen-bond donors (Lipinski definition) is 2. The van der Waals surface area contributed by atoms with Crippen molar-refractivity contribution in [3.63, 3.8) is 0 Å². The Balaban J connectivity index is 0.000000960. The summed E-state index contributed by atoms with van der Waals surface area (Å²) in [4.78, 5) is 16.6. The van der Waals surface area contributed by atoms with E-state index in [9.17, 15) is 0 Å². The van der Waals surface area contributed by atoms with E-state index in [1.807, 2.05) is 6.92 Å². The van der Waals surface area contributed by atoms with E-state index in [2.05, 4.69) is 47.3 Å². The van der Waals surface area contributed by atoms with E-state index in [0.717, 1.165) is 24.3 Å². The van der Waals surface area contributed by atoms with Crippen molar-refractivity contribution in [1.29, 1.82) is 0 Å². The zero-order valence-electron chi connectivity index (χ0n) is 17.2. The molecular formula is C20H29ClN4O4. The second-order valence-corrected chi connectivity index (χ2v) is 6.77. The van der Waals surface area contributed by atoms with E-state index < -0.39 is 5.09 Å². The lowest BCUT2D eigenvalue weighted by atomic mass is 10.0. The van der Waals surface area contributed by atoms with Crippen LogP contribution in [0.2, 0.25) is 5.02 Å². The molecule has 2 aromatic rings. The highest BCUT2D eigenvalue weighted by molar-refractivity contribution is 6.33. The van der Waals surface area contributed by atoms with Crippen molar-refractivity contribution in [2.45, 2.75) is 52.9 Å². The van der Waals surface area contributed by atoms with Crippen LogP contribution in [-0.4, -0.2) is 33.4 Å². The molecule has 0 bridgehead atoms. The first-order valence-electron chi connectivity index (χ1n) is 9.67. The van der Waals surface area contributed by atoms with Crippen molar-refractivity contribution in [2.24, 2.45) is 0 Å². The van der Waals surface area contributed by atoms with Crippen molar-refractivity contribution in [3.05, 3.63) is 56.5 Å². The molecule has 0 amide bonds. The third-order valence-corrected chi connectivity index (χ3v) is 4.64. The number of aromatic nitrogens is 2. The van der Waals surface area contributed by atoms with Crippen LogP contribution in [0.5, 0.6) is 5.75 Å². The van der Waals surface area contributed by atoms with Crippen LogP contribution < -0.4 is 10.1 Å². The highest BCUT2D eigenvalue weighted by atomic mass is 35.5. The fourth-order valence-corrected chi connectivity index (χ4v) is 2.86. The third kappa shape index (κ3) is 9.43. The van der Waals surface area contributed by atoms with Gasteiger partial charge >= 0.3 is 0 Å². The summed E-state index contributed by atoms with van der Waals surface area (Å²) in [5.74, 6) is 1.62. The molecule has 0 saturated heterocycles. The molecule has 0 aliphatic carbocycles. The average Bonchev–Trinajstić information content (AvgIpc) is 2.68. The second-order valence-electron chi connectivity index (χ2n) is 6.39. The topological polar surface area (TPSA) is 110 Å². The Morgan fingerprint density at radius 3 is 2.66 bits per heavy atom. The molecule has 0 aliphatic rings. The summed E-state index contributed by atoms with van der Waals surface area (Å²) < 4.78 is 5.95.